The highest BCUT2D eigenvalue weighted by Crippen LogP contribution is 2.27. The van der Waals surface area contributed by atoms with Crippen LogP contribution in [0.1, 0.15) is 23.3 Å². The molecule has 3 nitrogen and oxygen atoms in total. The summed E-state index contributed by atoms with van der Waals surface area (Å²) in [6.07, 6.45) is 2.23. The molecule has 1 aromatic carbocycles. The molecule has 1 saturated heterocycles. The van der Waals surface area contributed by atoms with E-state index in [1.807, 2.05) is 0 Å². The Labute approximate surface area is 120 Å². The van der Waals surface area contributed by atoms with Crippen molar-refractivity contribution in [2.24, 2.45) is 0 Å². The van der Waals surface area contributed by atoms with E-state index in [4.69, 9.17) is 4.42 Å². The molecule has 0 unspecified atom stereocenters. The summed E-state index contributed by atoms with van der Waals surface area (Å²) < 4.78 is 6.01. The summed E-state index contributed by atoms with van der Waals surface area (Å²) in [5.74, 6) is 1.17. The van der Waals surface area contributed by atoms with Crippen LogP contribution < -0.4 is 5.32 Å². The average molecular weight is 272 g/mol. The summed E-state index contributed by atoms with van der Waals surface area (Å²) in [6.45, 7) is 10.1. The lowest BCUT2D eigenvalue weighted by molar-refractivity contribution is 0.237. The molecular formula is C17H24N2O. The van der Waals surface area contributed by atoms with E-state index in [-0.39, 0.29) is 0 Å². The molecule has 2 heterocycles. The van der Waals surface area contributed by atoms with Gasteiger partial charge in [-0.25, -0.2) is 0 Å². The lowest BCUT2D eigenvalue weighted by atomic mass is 10.1. The molecule has 1 fully saturated rings. The summed E-state index contributed by atoms with van der Waals surface area (Å²) in [4.78, 5) is 2.54. The van der Waals surface area contributed by atoms with Crippen molar-refractivity contribution in [1.82, 2.24) is 10.2 Å². The first-order valence-electron chi connectivity index (χ1n) is 7.66. The molecule has 0 atom stereocenters. The number of aryl methyl sites for hydroxylation is 3. The Morgan fingerprint density at radius 3 is 2.80 bits per heavy atom. The molecule has 2 aromatic rings. The minimum atomic E-state index is 1.03. The Morgan fingerprint density at radius 2 is 2.00 bits per heavy atom. The van der Waals surface area contributed by atoms with E-state index in [0.717, 1.165) is 25.1 Å². The van der Waals surface area contributed by atoms with Crippen molar-refractivity contribution in [1.29, 1.82) is 0 Å². The van der Waals surface area contributed by atoms with E-state index >= 15 is 0 Å². The molecule has 108 valence electrons. The molecule has 0 aliphatic carbocycles. The summed E-state index contributed by atoms with van der Waals surface area (Å²) in [5.41, 5.74) is 3.66. The molecule has 3 heteroatoms. The van der Waals surface area contributed by atoms with Gasteiger partial charge in [-0.15, -0.1) is 0 Å². The predicted octanol–water partition coefficient (Wildman–Crippen LogP) is 2.89. The lowest BCUT2D eigenvalue weighted by Gasteiger charge is -2.26. The van der Waals surface area contributed by atoms with E-state index in [0.29, 0.717) is 0 Å². The predicted molar refractivity (Wildman–Crippen MR) is 83.3 cm³/mol. The zero-order valence-corrected chi connectivity index (χ0v) is 12.5. The fourth-order valence-corrected chi connectivity index (χ4v) is 3.02. The van der Waals surface area contributed by atoms with Crippen LogP contribution in [0, 0.1) is 13.8 Å². The third kappa shape index (κ3) is 2.89. The van der Waals surface area contributed by atoms with Crippen molar-refractivity contribution in [3.63, 3.8) is 0 Å². The van der Waals surface area contributed by atoms with Crippen molar-refractivity contribution in [3.05, 3.63) is 35.1 Å². The lowest BCUT2D eigenvalue weighted by Crippen LogP contribution is -2.43. The smallest absolute Gasteiger partial charge is 0.134 e. The fraction of sp³-hybridized carbons (Fsp3) is 0.529. The molecule has 0 spiro atoms. The number of fused-ring (bicyclic) bond motifs is 1. The number of piperazine rings is 1. The number of hydrogen-bond donors (Lipinski definition) is 1. The Hall–Kier alpha value is -1.32. The maximum absolute atomic E-state index is 6.01. The van der Waals surface area contributed by atoms with Crippen molar-refractivity contribution in [2.45, 2.75) is 26.7 Å². The summed E-state index contributed by atoms with van der Waals surface area (Å²) in [6, 6.07) is 6.45. The second-order valence-electron chi connectivity index (χ2n) is 5.85. The first-order chi connectivity index (χ1) is 9.74. The van der Waals surface area contributed by atoms with Gasteiger partial charge in [0.15, 0.2) is 0 Å². The van der Waals surface area contributed by atoms with Gasteiger partial charge in [-0.3, -0.25) is 0 Å². The maximum Gasteiger partial charge on any atom is 0.134 e. The maximum atomic E-state index is 6.01. The van der Waals surface area contributed by atoms with E-state index < -0.39 is 0 Å². The number of rotatable bonds is 4. The van der Waals surface area contributed by atoms with Gasteiger partial charge in [0.25, 0.3) is 0 Å². The van der Waals surface area contributed by atoms with Crippen LogP contribution in [-0.2, 0) is 6.42 Å². The van der Waals surface area contributed by atoms with Crippen LogP contribution in [0.25, 0.3) is 11.0 Å². The SMILES string of the molecule is Cc1ccc2oc(CCCN3CCNCC3)c(C)c2c1. The third-order valence-electron chi connectivity index (χ3n) is 4.28. The van der Waals surface area contributed by atoms with Gasteiger partial charge in [0.2, 0.25) is 0 Å². The van der Waals surface area contributed by atoms with Gasteiger partial charge in [0.1, 0.15) is 11.3 Å². The topological polar surface area (TPSA) is 28.4 Å². The number of furan rings is 1. The number of benzene rings is 1. The van der Waals surface area contributed by atoms with Crippen LogP contribution in [-0.4, -0.2) is 37.6 Å². The minimum Gasteiger partial charge on any atom is -0.461 e. The summed E-state index contributed by atoms with van der Waals surface area (Å²) in [5, 5.41) is 4.67. The molecule has 1 aromatic heterocycles. The van der Waals surface area contributed by atoms with Crippen LogP contribution in [0.5, 0.6) is 0 Å². The standard InChI is InChI=1S/C17H24N2O/c1-13-5-6-17-15(12-13)14(2)16(20-17)4-3-9-19-10-7-18-8-11-19/h5-6,12,18H,3-4,7-11H2,1-2H3. The molecule has 3 rings (SSSR count). The van der Waals surface area contributed by atoms with Crippen molar-refractivity contribution < 1.29 is 4.42 Å². The normalized spacial score (nSPS) is 16.9. The van der Waals surface area contributed by atoms with Crippen LogP contribution in [0.15, 0.2) is 22.6 Å². The van der Waals surface area contributed by atoms with Crippen molar-refractivity contribution >= 4 is 11.0 Å². The first kappa shape index (κ1) is 13.7. The largest absolute Gasteiger partial charge is 0.461 e. The minimum absolute atomic E-state index is 1.03. The molecule has 1 aliphatic rings. The van der Waals surface area contributed by atoms with Gasteiger partial charge in [-0.05, 0) is 44.5 Å². The molecule has 1 N–H and O–H groups in total. The molecule has 0 radical (unpaired) electrons. The van der Waals surface area contributed by atoms with Gasteiger partial charge in [0.05, 0.1) is 0 Å². The van der Waals surface area contributed by atoms with Gasteiger partial charge < -0.3 is 14.6 Å². The van der Waals surface area contributed by atoms with E-state index in [1.54, 1.807) is 0 Å². The van der Waals surface area contributed by atoms with Gasteiger partial charge in [0, 0.05) is 38.0 Å². The van der Waals surface area contributed by atoms with E-state index in [2.05, 4.69) is 42.3 Å². The zero-order chi connectivity index (χ0) is 13.9. The Bertz CT molecular complexity index is 582. The highest BCUT2D eigenvalue weighted by molar-refractivity contribution is 5.82. The summed E-state index contributed by atoms with van der Waals surface area (Å²) in [7, 11) is 0. The molecule has 1 aliphatic heterocycles. The quantitative estimate of drug-likeness (QED) is 0.927. The highest BCUT2D eigenvalue weighted by atomic mass is 16.3. The Kier molecular flexibility index (Phi) is 4.08. The summed E-state index contributed by atoms with van der Waals surface area (Å²) >= 11 is 0. The number of nitrogens with one attached hydrogen (secondary N) is 1. The number of nitrogens with zero attached hydrogens (tertiary/aromatic N) is 1. The molecule has 20 heavy (non-hydrogen) atoms. The van der Waals surface area contributed by atoms with Crippen LogP contribution in [0.4, 0.5) is 0 Å². The van der Waals surface area contributed by atoms with Crippen LogP contribution >= 0.6 is 0 Å². The van der Waals surface area contributed by atoms with E-state index in [1.165, 1.54) is 48.3 Å². The third-order valence-corrected chi connectivity index (χ3v) is 4.28. The molecule has 0 saturated carbocycles. The molecular weight excluding hydrogens is 248 g/mol. The Balaban J connectivity index is 1.63. The average Bonchev–Trinajstić information content (AvgIpc) is 2.77. The Morgan fingerprint density at radius 1 is 1.20 bits per heavy atom. The monoisotopic (exact) mass is 272 g/mol. The van der Waals surface area contributed by atoms with E-state index in [9.17, 15) is 0 Å². The molecule has 0 amide bonds. The van der Waals surface area contributed by atoms with Gasteiger partial charge in [-0.1, -0.05) is 11.6 Å². The number of hydrogen-bond acceptors (Lipinski definition) is 3. The molecule has 0 bridgehead atoms. The van der Waals surface area contributed by atoms with Gasteiger partial charge in [-0.2, -0.15) is 0 Å². The fourth-order valence-electron chi connectivity index (χ4n) is 3.02. The zero-order valence-electron chi connectivity index (χ0n) is 12.5. The van der Waals surface area contributed by atoms with Crippen LogP contribution in [0.2, 0.25) is 0 Å². The van der Waals surface area contributed by atoms with Crippen molar-refractivity contribution in [2.75, 3.05) is 32.7 Å². The van der Waals surface area contributed by atoms with Crippen LogP contribution in [0.3, 0.4) is 0 Å². The highest BCUT2D eigenvalue weighted by Gasteiger charge is 2.12. The first-order valence-corrected chi connectivity index (χ1v) is 7.66. The second kappa shape index (κ2) is 5.98. The second-order valence-corrected chi connectivity index (χ2v) is 5.85. The van der Waals surface area contributed by atoms with Crippen molar-refractivity contribution in [3.8, 4) is 0 Å². The van der Waals surface area contributed by atoms with Gasteiger partial charge >= 0.3 is 0 Å².